The summed E-state index contributed by atoms with van der Waals surface area (Å²) in [6.07, 6.45) is 0.828. The second kappa shape index (κ2) is 10.6. The van der Waals surface area contributed by atoms with Crippen molar-refractivity contribution < 1.29 is 17.6 Å². The topological polar surface area (TPSA) is 60.9 Å². The van der Waals surface area contributed by atoms with Crippen molar-refractivity contribution in [3.05, 3.63) is 85.8 Å². The normalized spacial score (nSPS) is 21.1. The molecule has 1 aromatic heterocycles. The van der Waals surface area contributed by atoms with Crippen molar-refractivity contribution in [3.63, 3.8) is 0 Å². The molecular weight excluding hydrogens is 556 g/mol. The Bertz CT molecular complexity index is 1430. The predicted molar refractivity (Wildman–Crippen MR) is 144 cm³/mol. The molecule has 1 fully saturated rings. The Morgan fingerprint density at radius 1 is 1.11 bits per heavy atom. The predicted octanol–water partition coefficient (Wildman–Crippen LogP) is 5.06. The maximum absolute atomic E-state index is 14.1. The van der Waals surface area contributed by atoms with Crippen LogP contribution < -0.4 is 0 Å². The number of hydrogen-bond donors (Lipinski definition) is 0. The summed E-state index contributed by atoms with van der Waals surface area (Å²) < 4.78 is 42.1. The molecule has 1 amide bonds. The summed E-state index contributed by atoms with van der Waals surface area (Å²) >= 11 is 13.9. The van der Waals surface area contributed by atoms with Gasteiger partial charge in [0.05, 0.1) is 17.6 Å². The third-order valence-corrected chi connectivity index (χ3v) is 10.7. The fourth-order valence-corrected chi connectivity index (χ4v) is 8.46. The quantitative estimate of drug-likeness (QED) is 0.422. The lowest BCUT2D eigenvalue weighted by molar-refractivity contribution is -0.135. The average molecular weight is 583 g/mol. The van der Waals surface area contributed by atoms with Crippen molar-refractivity contribution in [2.24, 2.45) is 0 Å². The number of benzene rings is 2. The summed E-state index contributed by atoms with van der Waals surface area (Å²) in [4.78, 5) is 18.5. The molecule has 0 spiro atoms. The van der Waals surface area contributed by atoms with Gasteiger partial charge in [0.1, 0.15) is 10.7 Å². The van der Waals surface area contributed by atoms with Crippen LogP contribution in [0.5, 0.6) is 0 Å². The van der Waals surface area contributed by atoms with Gasteiger partial charge in [0.15, 0.2) is 0 Å². The second-order valence-corrected chi connectivity index (χ2v) is 13.1. The molecule has 1 saturated heterocycles. The smallest absolute Gasteiger partial charge is 0.244 e. The van der Waals surface area contributed by atoms with Crippen LogP contribution in [0.2, 0.25) is 10.0 Å². The number of carbonyl (C=O) groups excluding carboxylic acids is 1. The summed E-state index contributed by atoms with van der Waals surface area (Å²) in [7, 11) is -3.88. The van der Waals surface area contributed by atoms with Gasteiger partial charge in [-0.15, -0.1) is 11.3 Å². The molecule has 2 aliphatic heterocycles. The highest BCUT2D eigenvalue weighted by atomic mass is 35.5. The Hall–Kier alpha value is -2.01. The molecule has 37 heavy (non-hydrogen) atoms. The Morgan fingerprint density at radius 3 is 2.68 bits per heavy atom. The molecule has 196 valence electrons. The number of piperazine rings is 1. The first-order valence-electron chi connectivity index (χ1n) is 12.0. The van der Waals surface area contributed by atoms with Gasteiger partial charge in [-0.2, -0.15) is 4.31 Å². The number of rotatable bonds is 5. The monoisotopic (exact) mass is 581 g/mol. The zero-order valence-electron chi connectivity index (χ0n) is 20.1. The van der Waals surface area contributed by atoms with Crippen molar-refractivity contribution in [1.29, 1.82) is 0 Å². The molecule has 2 aliphatic rings. The van der Waals surface area contributed by atoms with Crippen LogP contribution in [0.4, 0.5) is 4.39 Å². The number of amides is 1. The first-order chi connectivity index (χ1) is 17.6. The van der Waals surface area contributed by atoms with Crippen LogP contribution in [-0.4, -0.2) is 67.2 Å². The van der Waals surface area contributed by atoms with Crippen LogP contribution in [0.25, 0.3) is 0 Å². The molecule has 2 atom stereocenters. The fourth-order valence-electron chi connectivity index (χ4n) is 5.21. The Morgan fingerprint density at radius 2 is 1.92 bits per heavy atom. The van der Waals surface area contributed by atoms with E-state index in [1.807, 2.05) is 11.4 Å². The maximum atomic E-state index is 14.1. The van der Waals surface area contributed by atoms with Gasteiger partial charge in [-0.3, -0.25) is 9.69 Å². The van der Waals surface area contributed by atoms with Crippen LogP contribution in [0, 0.1) is 5.82 Å². The van der Waals surface area contributed by atoms with Gasteiger partial charge in [0.25, 0.3) is 0 Å². The van der Waals surface area contributed by atoms with Gasteiger partial charge in [0, 0.05) is 42.1 Å². The van der Waals surface area contributed by atoms with E-state index in [2.05, 4.69) is 11.0 Å². The largest absolute Gasteiger partial charge is 0.339 e. The van der Waals surface area contributed by atoms with Crippen molar-refractivity contribution in [2.45, 2.75) is 30.3 Å². The third kappa shape index (κ3) is 5.30. The first kappa shape index (κ1) is 26.6. The molecule has 0 radical (unpaired) electrons. The number of sulfonamides is 1. The lowest BCUT2D eigenvalue weighted by Crippen LogP contribution is -2.57. The van der Waals surface area contributed by atoms with Crippen LogP contribution >= 0.6 is 34.5 Å². The average Bonchev–Trinajstić information content (AvgIpc) is 3.34. The molecule has 0 N–H and O–H groups in total. The molecule has 5 rings (SSSR count). The fraction of sp³-hybridized carbons (Fsp3) is 0.346. The molecule has 2 aromatic carbocycles. The SMILES string of the molecule is C[C@@H]1CN(C(=O)CN2CCc3sccc3[C@H]2c2cccc(F)c2)CCN1S(=O)(=O)c1cc(Cl)ccc1Cl. The van der Waals surface area contributed by atoms with Gasteiger partial charge in [0.2, 0.25) is 15.9 Å². The summed E-state index contributed by atoms with van der Waals surface area (Å²) in [6, 6.07) is 12.3. The minimum absolute atomic E-state index is 0.0360. The molecule has 3 heterocycles. The van der Waals surface area contributed by atoms with Crippen LogP contribution in [-0.2, 0) is 21.2 Å². The van der Waals surface area contributed by atoms with Crippen molar-refractivity contribution >= 4 is 50.5 Å². The minimum Gasteiger partial charge on any atom is -0.339 e. The maximum Gasteiger partial charge on any atom is 0.244 e. The van der Waals surface area contributed by atoms with Crippen LogP contribution in [0.15, 0.2) is 58.8 Å². The summed E-state index contributed by atoms with van der Waals surface area (Å²) in [5.41, 5.74) is 1.92. The standard InChI is InChI=1S/C26H26Cl2FN3O3S2/c1-17-15-30(10-11-32(17)37(34,35)24-14-19(27)5-6-22(24)28)25(33)16-31-9-7-23-21(8-12-36-23)26(31)18-3-2-4-20(29)13-18/h2-6,8,12-14,17,26H,7,9-11,15-16H2,1H3/t17-,26-/m1/s1. The van der Waals surface area contributed by atoms with Gasteiger partial charge in [-0.25, -0.2) is 12.8 Å². The van der Waals surface area contributed by atoms with Crippen LogP contribution in [0.1, 0.15) is 29.0 Å². The number of fused-ring (bicyclic) bond motifs is 1. The van der Waals surface area contributed by atoms with Crippen molar-refractivity contribution in [2.75, 3.05) is 32.7 Å². The van der Waals surface area contributed by atoms with Crippen LogP contribution in [0.3, 0.4) is 0 Å². The highest BCUT2D eigenvalue weighted by Gasteiger charge is 2.38. The van der Waals surface area contributed by atoms with E-state index in [9.17, 15) is 17.6 Å². The number of thiophene rings is 1. The molecule has 6 nitrogen and oxygen atoms in total. The number of carbonyl (C=O) groups is 1. The van der Waals surface area contributed by atoms with E-state index >= 15 is 0 Å². The molecular formula is C26H26Cl2FN3O3S2. The Labute approximate surface area is 230 Å². The third-order valence-electron chi connectivity index (χ3n) is 6.97. The zero-order valence-corrected chi connectivity index (χ0v) is 23.3. The Kier molecular flexibility index (Phi) is 7.64. The van der Waals surface area contributed by atoms with E-state index in [4.69, 9.17) is 23.2 Å². The minimum atomic E-state index is -3.88. The number of hydrogen-bond acceptors (Lipinski definition) is 5. The van der Waals surface area contributed by atoms with Gasteiger partial charge in [-0.1, -0.05) is 35.3 Å². The van der Waals surface area contributed by atoms with E-state index in [1.165, 1.54) is 33.4 Å². The molecule has 3 aromatic rings. The molecule has 0 unspecified atom stereocenters. The highest BCUT2D eigenvalue weighted by Crippen LogP contribution is 2.38. The first-order valence-corrected chi connectivity index (χ1v) is 15.0. The molecule has 0 aliphatic carbocycles. The number of nitrogens with zero attached hydrogens (tertiary/aromatic N) is 3. The van der Waals surface area contributed by atoms with Gasteiger partial charge in [-0.05, 0) is 66.2 Å². The summed E-state index contributed by atoms with van der Waals surface area (Å²) in [5.74, 6) is -0.387. The van der Waals surface area contributed by atoms with E-state index in [1.54, 1.807) is 35.3 Å². The molecule has 11 heteroatoms. The second-order valence-electron chi connectivity index (χ2n) is 9.36. The van der Waals surface area contributed by atoms with Crippen molar-refractivity contribution in [1.82, 2.24) is 14.1 Å². The van der Waals surface area contributed by atoms with Crippen molar-refractivity contribution in [3.8, 4) is 0 Å². The summed E-state index contributed by atoms with van der Waals surface area (Å²) in [6.45, 7) is 3.30. The number of halogens is 3. The lowest BCUT2D eigenvalue weighted by Gasteiger charge is -2.41. The van der Waals surface area contributed by atoms with E-state index in [0.717, 1.165) is 17.5 Å². The summed E-state index contributed by atoms with van der Waals surface area (Å²) in [5, 5.41) is 2.43. The van der Waals surface area contributed by atoms with E-state index < -0.39 is 16.1 Å². The molecule has 0 saturated carbocycles. The molecule has 0 bridgehead atoms. The van der Waals surface area contributed by atoms with E-state index in [-0.39, 0.29) is 58.9 Å². The zero-order chi connectivity index (χ0) is 26.3. The lowest BCUT2D eigenvalue weighted by atomic mass is 9.93. The van der Waals surface area contributed by atoms with Gasteiger partial charge >= 0.3 is 0 Å². The highest BCUT2D eigenvalue weighted by molar-refractivity contribution is 7.89. The van der Waals surface area contributed by atoms with E-state index in [0.29, 0.717) is 6.54 Å². The van der Waals surface area contributed by atoms with Gasteiger partial charge < -0.3 is 4.90 Å². The Balaban J connectivity index is 1.32.